The average molecular weight is 195 g/mol. The van der Waals surface area contributed by atoms with E-state index in [-0.39, 0.29) is 0 Å². The Morgan fingerprint density at radius 3 is 2.00 bits per heavy atom. The van der Waals surface area contributed by atoms with Gasteiger partial charge >= 0.3 is 0 Å². The highest BCUT2D eigenvalue weighted by Crippen LogP contribution is 2.26. The molecule has 8 heavy (non-hydrogen) atoms. The molecule has 0 rings (SSSR count). The van der Waals surface area contributed by atoms with Gasteiger partial charge in [0.15, 0.2) is 0 Å². The maximum absolute atomic E-state index is 5.19. The molecule has 0 aromatic carbocycles. The van der Waals surface area contributed by atoms with E-state index in [4.69, 9.17) is 34.8 Å². The quantitative estimate of drug-likeness (QED) is 0.525. The molecule has 0 N–H and O–H groups in total. The summed E-state index contributed by atoms with van der Waals surface area (Å²) in [5.41, 5.74) is 0. The molecule has 0 heterocycles. The molecule has 0 fully saturated rings. The van der Waals surface area contributed by atoms with E-state index < -0.39 is 3.98 Å². The zero-order valence-corrected chi connectivity index (χ0v) is 7.07. The van der Waals surface area contributed by atoms with Crippen molar-refractivity contribution < 1.29 is 4.74 Å². The second-order valence-electron chi connectivity index (χ2n) is 1.02. The molecule has 0 saturated carbocycles. The molecule has 1 nitrogen and oxygen atoms in total. The zero-order valence-electron chi connectivity index (χ0n) is 3.90. The van der Waals surface area contributed by atoms with Crippen LogP contribution in [0.2, 0.25) is 0 Å². The molecule has 0 unspecified atom stereocenters. The van der Waals surface area contributed by atoms with Gasteiger partial charge in [-0.3, -0.25) is 0 Å². The minimum absolute atomic E-state index is 0.347. The van der Waals surface area contributed by atoms with Gasteiger partial charge in [0.05, 0.1) is 6.61 Å². The topological polar surface area (TPSA) is 9.23 Å². The lowest BCUT2D eigenvalue weighted by atomic mass is 10.9. The Balaban J connectivity index is 3.11. The molecule has 0 radical (unpaired) electrons. The fraction of sp³-hybridized carbons (Fsp3) is 1.00. The first-order valence-electron chi connectivity index (χ1n) is 1.88. The molecule has 0 bridgehead atoms. The van der Waals surface area contributed by atoms with E-state index >= 15 is 0 Å². The maximum Gasteiger partial charge on any atom is 0.297 e. The summed E-state index contributed by atoms with van der Waals surface area (Å²) < 4.78 is 3.02. The standard InChI is InChI=1S/C3H5Cl3OS/c4-3(5,6)7-1-2-8/h8H,1-2H2. The largest absolute Gasteiger partial charge is 0.334 e. The number of rotatable bonds is 2. The molecule has 0 aliphatic rings. The molecule has 50 valence electrons. The first-order chi connectivity index (χ1) is 3.56. The Labute approximate surface area is 68.6 Å². The maximum atomic E-state index is 5.19. The van der Waals surface area contributed by atoms with Crippen LogP contribution in [0, 0.1) is 0 Å². The lowest BCUT2D eigenvalue weighted by Gasteiger charge is -2.09. The van der Waals surface area contributed by atoms with Gasteiger partial charge in [0.2, 0.25) is 0 Å². The highest BCUT2D eigenvalue weighted by atomic mass is 35.6. The second kappa shape index (κ2) is 4.07. The van der Waals surface area contributed by atoms with Crippen LogP contribution in [-0.2, 0) is 4.74 Å². The second-order valence-corrected chi connectivity index (χ2v) is 3.64. The molecule has 0 atom stereocenters. The molecule has 0 saturated heterocycles. The van der Waals surface area contributed by atoms with Crippen molar-refractivity contribution >= 4 is 47.4 Å². The van der Waals surface area contributed by atoms with Crippen LogP contribution in [0.3, 0.4) is 0 Å². The van der Waals surface area contributed by atoms with Crippen molar-refractivity contribution in [3.63, 3.8) is 0 Å². The summed E-state index contributed by atoms with van der Waals surface area (Å²) >= 11 is 19.4. The van der Waals surface area contributed by atoms with E-state index in [9.17, 15) is 0 Å². The van der Waals surface area contributed by atoms with Crippen molar-refractivity contribution in [3.8, 4) is 0 Å². The summed E-state index contributed by atoms with van der Waals surface area (Å²) in [6.45, 7) is 0.347. The summed E-state index contributed by atoms with van der Waals surface area (Å²) in [4.78, 5) is 0. The number of thiol groups is 1. The van der Waals surface area contributed by atoms with Gasteiger partial charge in [-0.1, -0.05) is 34.8 Å². The Bertz CT molecular complexity index is 62.0. The number of hydrogen-bond donors (Lipinski definition) is 1. The number of hydrogen-bond acceptors (Lipinski definition) is 2. The Morgan fingerprint density at radius 2 is 1.88 bits per heavy atom. The van der Waals surface area contributed by atoms with E-state index in [1.54, 1.807) is 0 Å². The summed E-state index contributed by atoms with van der Waals surface area (Å²) in [6, 6.07) is 0. The molecular formula is C3H5Cl3OS. The first kappa shape index (κ1) is 9.18. The van der Waals surface area contributed by atoms with Crippen LogP contribution >= 0.6 is 47.4 Å². The predicted molar refractivity (Wildman–Crippen MR) is 40.1 cm³/mol. The lowest BCUT2D eigenvalue weighted by molar-refractivity contribution is 0.146. The van der Waals surface area contributed by atoms with Gasteiger partial charge in [-0.05, 0) is 0 Å². The molecule has 5 heteroatoms. The van der Waals surface area contributed by atoms with E-state index in [0.29, 0.717) is 12.4 Å². The predicted octanol–water partition coefficient (Wildman–Crippen LogP) is 2.26. The van der Waals surface area contributed by atoms with Gasteiger partial charge in [0, 0.05) is 5.75 Å². The zero-order chi connectivity index (χ0) is 6.62. The van der Waals surface area contributed by atoms with Crippen LogP contribution in [0.1, 0.15) is 0 Å². The van der Waals surface area contributed by atoms with Crippen LogP contribution in [-0.4, -0.2) is 16.3 Å². The van der Waals surface area contributed by atoms with Crippen molar-refractivity contribution in [1.82, 2.24) is 0 Å². The summed E-state index contributed by atoms with van der Waals surface area (Å²) in [5, 5.41) is 0. The highest BCUT2D eigenvalue weighted by Gasteiger charge is 2.18. The van der Waals surface area contributed by atoms with E-state index in [2.05, 4.69) is 17.4 Å². The van der Waals surface area contributed by atoms with Gasteiger partial charge in [-0.15, -0.1) is 0 Å². The van der Waals surface area contributed by atoms with Crippen LogP contribution in [0.4, 0.5) is 0 Å². The monoisotopic (exact) mass is 194 g/mol. The Morgan fingerprint density at radius 1 is 1.38 bits per heavy atom. The molecular weight excluding hydrogens is 190 g/mol. The Hall–Kier alpha value is 1.18. The molecule has 0 aromatic rings. The number of halogens is 3. The SMILES string of the molecule is SCCOC(Cl)(Cl)Cl. The van der Waals surface area contributed by atoms with E-state index in [1.165, 1.54) is 0 Å². The summed E-state index contributed by atoms with van der Waals surface area (Å²) in [6.07, 6.45) is 0. The minimum Gasteiger partial charge on any atom is -0.334 e. The van der Waals surface area contributed by atoms with Crippen molar-refractivity contribution in [2.45, 2.75) is 3.98 Å². The van der Waals surface area contributed by atoms with Crippen LogP contribution in [0.15, 0.2) is 0 Å². The molecule has 0 amide bonds. The van der Waals surface area contributed by atoms with Crippen molar-refractivity contribution in [2.75, 3.05) is 12.4 Å². The fourth-order valence-corrected chi connectivity index (χ4v) is 0.484. The summed E-state index contributed by atoms with van der Waals surface area (Å²) in [7, 11) is 0. The van der Waals surface area contributed by atoms with Crippen molar-refractivity contribution in [2.24, 2.45) is 0 Å². The number of alkyl halides is 3. The molecule has 0 aromatic heterocycles. The molecule has 0 aliphatic heterocycles. The summed E-state index contributed by atoms with van der Waals surface area (Å²) in [5.74, 6) is 0.550. The Kier molecular flexibility index (Phi) is 4.67. The van der Waals surface area contributed by atoms with E-state index in [1.807, 2.05) is 0 Å². The average Bonchev–Trinajstić information content (AvgIpc) is 1.59. The normalized spacial score (nSPS) is 12.0. The third-order valence-corrected chi connectivity index (χ3v) is 0.867. The van der Waals surface area contributed by atoms with Gasteiger partial charge in [-0.25, -0.2) is 0 Å². The molecule has 0 spiro atoms. The van der Waals surface area contributed by atoms with Gasteiger partial charge < -0.3 is 4.74 Å². The number of ether oxygens (including phenoxy) is 1. The fourth-order valence-electron chi connectivity index (χ4n) is 0.161. The van der Waals surface area contributed by atoms with Gasteiger partial charge in [0.25, 0.3) is 3.98 Å². The third kappa shape index (κ3) is 7.18. The minimum atomic E-state index is -1.58. The van der Waals surface area contributed by atoms with Crippen molar-refractivity contribution in [1.29, 1.82) is 0 Å². The highest BCUT2D eigenvalue weighted by molar-refractivity contribution is 7.80. The molecule has 0 aliphatic carbocycles. The van der Waals surface area contributed by atoms with Crippen molar-refractivity contribution in [3.05, 3.63) is 0 Å². The third-order valence-electron chi connectivity index (χ3n) is 0.357. The smallest absolute Gasteiger partial charge is 0.297 e. The van der Waals surface area contributed by atoms with E-state index in [0.717, 1.165) is 0 Å². The first-order valence-corrected chi connectivity index (χ1v) is 3.64. The lowest BCUT2D eigenvalue weighted by Crippen LogP contribution is -2.10. The van der Waals surface area contributed by atoms with Gasteiger partial charge in [-0.2, -0.15) is 12.6 Å². The van der Waals surface area contributed by atoms with Crippen LogP contribution < -0.4 is 0 Å². The van der Waals surface area contributed by atoms with Gasteiger partial charge in [0.1, 0.15) is 0 Å². The van der Waals surface area contributed by atoms with Crippen LogP contribution in [0.25, 0.3) is 0 Å². The van der Waals surface area contributed by atoms with Crippen LogP contribution in [0.5, 0.6) is 0 Å².